The number of aliphatic carboxylic acids is 2. The van der Waals surface area contributed by atoms with Crippen LogP contribution in [-0.2, 0) is 16.0 Å². The van der Waals surface area contributed by atoms with Gasteiger partial charge in [0.25, 0.3) is 0 Å². The van der Waals surface area contributed by atoms with Crippen LogP contribution in [0.1, 0.15) is 27.7 Å². The summed E-state index contributed by atoms with van der Waals surface area (Å²) in [6.07, 6.45) is -2.16. The van der Waals surface area contributed by atoms with Crippen molar-refractivity contribution < 1.29 is 39.3 Å². The number of hydrogen-bond donors (Lipinski definition) is 6. The van der Waals surface area contributed by atoms with E-state index in [1.165, 1.54) is 0 Å². The third kappa shape index (κ3) is 6.52. The van der Waals surface area contributed by atoms with Crippen LogP contribution in [-0.4, -0.2) is 60.6 Å². The van der Waals surface area contributed by atoms with Crippen molar-refractivity contribution in [1.82, 2.24) is 10.1 Å². The van der Waals surface area contributed by atoms with Crippen LogP contribution in [0.3, 0.4) is 0 Å². The van der Waals surface area contributed by atoms with Crippen molar-refractivity contribution in [2.45, 2.75) is 24.7 Å². The first-order valence-electron chi connectivity index (χ1n) is 10.9. The van der Waals surface area contributed by atoms with Crippen molar-refractivity contribution in [1.29, 1.82) is 0 Å². The molecule has 0 unspecified atom stereocenters. The largest absolute Gasteiger partial charge is 0.479 e. The van der Waals surface area contributed by atoms with Crippen molar-refractivity contribution in [3.05, 3.63) is 83.7 Å². The highest BCUT2D eigenvalue weighted by Crippen LogP contribution is 2.33. The zero-order chi connectivity index (χ0) is 27.1. The van der Waals surface area contributed by atoms with E-state index in [-0.39, 0.29) is 6.04 Å². The Morgan fingerprint density at radius 1 is 0.919 bits per heavy atom. The van der Waals surface area contributed by atoms with Gasteiger partial charge in [-0.05, 0) is 35.9 Å². The van der Waals surface area contributed by atoms with E-state index in [9.17, 15) is 14.4 Å². The van der Waals surface area contributed by atoms with Crippen LogP contribution in [0.2, 0.25) is 0 Å². The van der Waals surface area contributed by atoms with Gasteiger partial charge in [-0.2, -0.15) is 0 Å². The van der Waals surface area contributed by atoms with Gasteiger partial charge in [-0.1, -0.05) is 35.5 Å². The standard InChI is InChI=1S/C21H18N4O2.C4H6O6/c22-18(12-14-5-3-4-10-24-14)15-6-1-2-7-16(15)20-17-9-8-13(21(23)26)11-19(17)27-25-20;5-1(3(7)8)2(6)4(9)10/h1-11,18H,12,22H2,(H2,23,26);1-2,5-6H,(H,7,8)(H,9,10)/t18-;1-,2-/m01/s1. The Morgan fingerprint density at radius 3 is 2.16 bits per heavy atom. The molecule has 1 amide bonds. The molecule has 4 rings (SSSR count). The first-order valence-corrected chi connectivity index (χ1v) is 10.9. The number of hydrogen-bond acceptors (Lipinski definition) is 9. The van der Waals surface area contributed by atoms with E-state index >= 15 is 0 Å². The number of aromatic nitrogens is 2. The third-order valence-corrected chi connectivity index (χ3v) is 5.33. The molecule has 0 aliphatic carbocycles. The highest BCUT2D eigenvalue weighted by Gasteiger charge is 2.29. The number of aliphatic hydroxyl groups is 2. The molecule has 0 aliphatic rings. The summed E-state index contributed by atoms with van der Waals surface area (Å²) in [5.41, 5.74) is 16.2. The number of aliphatic hydroxyl groups excluding tert-OH is 2. The van der Waals surface area contributed by atoms with Crippen LogP contribution in [0.4, 0.5) is 0 Å². The summed E-state index contributed by atoms with van der Waals surface area (Å²) < 4.78 is 5.44. The summed E-state index contributed by atoms with van der Waals surface area (Å²) in [7, 11) is 0. The number of pyridine rings is 1. The quantitative estimate of drug-likeness (QED) is 0.198. The lowest BCUT2D eigenvalue weighted by Gasteiger charge is -2.15. The van der Waals surface area contributed by atoms with E-state index in [4.69, 9.17) is 36.4 Å². The lowest BCUT2D eigenvalue weighted by atomic mass is 9.94. The van der Waals surface area contributed by atoms with E-state index in [2.05, 4.69) is 10.1 Å². The maximum absolute atomic E-state index is 11.4. The number of carbonyl (C=O) groups excluding carboxylic acids is 1. The number of fused-ring (bicyclic) bond motifs is 1. The second-order valence-electron chi connectivity index (χ2n) is 7.89. The average Bonchev–Trinajstić information content (AvgIpc) is 3.31. The molecule has 8 N–H and O–H groups in total. The molecule has 3 atom stereocenters. The second kappa shape index (κ2) is 11.9. The van der Waals surface area contributed by atoms with Crippen LogP contribution in [0.25, 0.3) is 22.2 Å². The van der Waals surface area contributed by atoms with Crippen LogP contribution in [0.5, 0.6) is 0 Å². The molecule has 0 bridgehead atoms. The number of benzene rings is 2. The molecule has 0 saturated carbocycles. The van der Waals surface area contributed by atoms with Gasteiger partial charge in [0.05, 0.1) is 0 Å². The number of primary amides is 1. The summed E-state index contributed by atoms with van der Waals surface area (Å²) in [4.78, 5) is 35.3. The monoisotopic (exact) mass is 508 g/mol. The van der Waals surface area contributed by atoms with Crippen LogP contribution < -0.4 is 11.5 Å². The molecule has 12 heteroatoms. The summed E-state index contributed by atoms with van der Waals surface area (Å²) in [5.74, 6) is -4.04. The number of carboxylic acid groups (broad SMARTS) is 2. The van der Waals surface area contributed by atoms with Gasteiger partial charge in [-0.15, -0.1) is 0 Å². The van der Waals surface area contributed by atoms with Gasteiger partial charge >= 0.3 is 11.9 Å². The molecule has 192 valence electrons. The fourth-order valence-electron chi connectivity index (χ4n) is 3.45. The molecule has 0 spiro atoms. The number of nitrogens with two attached hydrogens (primary N) is 2. The van der Waals surface area contributed by atoms with Crippen molar-refractivity contribution in [3.8, 4) is 11.3 Å². The summed E-state index contributed by atoms with van der Waals surface area (Å²) in [6.45, 7) is 0. The summed E-state index contributed by atoms with van der Waals surface area (Å²) in [5, 5.41) is 37.5. The van der Waals surface area contributed by atoms with Gasteiger partial charge < -0.3 is 36.4 Å². The van der Waals surface area contributed by atoms with E-state index < -0.39 is 30.1 Å². The van der Waals surface area contributed by atoms with Crippen molar-refractivity contribution in [2.75, 3.05) is 0 Å². The molecule has 2 aromatic heterocycles. The zero-order valence-corrected chi connectivity index (χ0v) is 19.3. The third-order valence-electron chi connectivity index (χ3n) is 5.33. The average molecular weight is 508 g/mol. The van der Waals surface area contributed by atoms with E-state index in [1.807, 2.05) is 42.5 Å². The molecule has 0 radical (unpaired) electrons. The van der Waals surface area contributed by atoms with Gasteiger partial charge in [0.2, 0.25) is 5.91 Å². The minimum Gasteiger partial charge on any atom is -0.479 e. The summed E-state index contributed by atoms with van der Waals surface area (Å²) in [6, 6.07) is 18.4. The number of carbonyl (C=O) groups is 3. The van der Waals surface area contributed by atoms with E-state index in [1.54, 1.807) is 24.4 Å². The van der Waals surface area contributed by atoms with Crippen molar-refractivity contribution in [2.24, 2.45) is 11.5 Å². The molecule has 4 aromatic rings. The van der Waals surface area contributed by atoms with Gasteiger partial charge in [0, 0.05) is 40.9 Å². The number of rotatable bonds is 8. The highest BCUT2D eigenvalue weighted by atomic mass is 16.5. The molecule has 2 aromatic carbocycles. The molecular weight excluding hydrogens is 484 g/mol. The molecule has 0 saturated heterocycles. The minimum atomic E-state index is -2.27. The fourth-order valence-corrected chi connectivity index (χ4v) is 3.45. The van der Waals surface area contributed by atoms with E-state index in [0.29, 0.717) is 23.3 Å². The number of carboxylic acids is 2. The predicted molar refractivity (Wildman–Crippen MR) is 130 cm³/mol. The first-order chi connectivity index (χ1) is 17.6. The van der Waals surface area contributed by atoms with Gasteiger partial charge in [0.15, 0.2) is 17.8 Å². The fraction of sp³-hybridized carbons (Fsp3) is 0.160. The Hall–Kier alpha value is -4.65. The normalized spacial score (nSPS) is 13.2. The highest BCUT2D eigenvalue weighted by molar-refractivity contribution is 5.99. The lowest BCUT2D eigenvalue weighted by Crippen LogP contribution is -2.39. The number of nitrogens with zero attached hydrogens (tertiary/aromatic N) is 2. The Labute approximate surface area is 209 Å². The lowest BCUT2D eigenvalue weighted by molar-refractivity contribution is -0.165. The molecule has 2 heterocycles. The van der Waals surface area contributed by atoms with Gasteiger partial charge in [-0.25, -0.2) is 9.59 Å². The Bertz CT molecular complexity index is 1390. The Kier molecular flexibility index (Phi) is 8.64. The van der Waals surface area contributed by atoms with Crippen LogP contribution >= 0.6 is 0 Å². The maximum Gasteiger partial charge on any atom is 0.335 e. The van der Waals surface area contributed by atoms with Gasteiger partial charge in [-0.3, -0.25) is 9.78 Å². The maximum atomic E-state index is 11.4. The van der Waals surface area contributed by atoms with Crippen LogP contribution in [0, 0.1) is 0 Å². The van der Waals surface area contributed by atoms with E-state index in [0.717, 1.165) is 22.2 Å². The number of amides is 1. The first kappa shape index (κ1) is 26.9. The van der Waals surface area contributed by atoms with Crippen molar-refractivity contribution in [3.63, 3.8) is 0 Å². The Morgan fingerprint density at radius 2 is 1.57 bits per heavy atom. The topological polar surface area (TPSA) is 223 Å². The smallest absolute Gasteiger partial charge is 0.335 e. The summed E-state index contributed by atoms with van der Waals surface area (Å²) >= 11 is 0. The molecular formula is C25H24N4O8. The van der Waals surface area contributed by atoms with Crippen molar-refractivity contribution >= 4 is 28.8 Å². The molecule has 12 nitrogen and oxygen atoms in total. The van der Waals surface area contributed by atoms with Crippen LogP contribution in [0.15, 0.2) is 71.4 Å². The zero-order valence-electron chi connectivity index (χ0n) is 19.3. The van der Waals surface area contributed by atoms with Gasteiger partial charge in [0.1, 0.15) is 5.69 Å². The molecule has 37 heavy (non-hydrogen) atoms. The minimum absolute atomic E-state index is 0.243. The second-order valence-corrected chi connectivity index (χ2v) is 7.89. The SMILES string of the molecule is NC(=O)c1ccc2c(-c3ccccc3[C@@H](N)Cc3ccccn3)noc2c1.O=C(O)[C@H](O)[C@@H](O)C(=O)O. The molecule has 0 aliphatic heterocycles. The molecule has 0 fully saturated rings. The Balaban J connectivity index is 0.000000325. The predicted octanol–water partition coefficient (Wildman–Crippen LogP) is 1.11.